The molecule has 0 unspecified atom stereocenters. The van der Waals surface area contributed by atoms with E-state index < -0.39 is 17.6 Å². The average Bonchev–Trinajstić information content (AvgIpc) is 2.12. The maximum Gasteiger partial charge on any atom is 0.419 e. The predicted molar refractivity (Wildman–Crippen MR) is 52.1 cm³/mol. The Kier molecular flexibility index (Phi) is 2.91. The molecule has 1 saturated heterocycles. The van der Waals surface area contributed by atoms with Gasteiger partial charge in [-0.05, 0) is 12.1 Å². The Hall–Kier alpha value is -1.43. The molecular formula is C11H9F4NO. The van der Waals surface area contributed by atoms with Crippen molar-refractivity contribution in [2.45, 2.75) is 6.18 Å². The second-order valence-electron chi connectivity index (χ2n) is 3.91. The maximum atomic E-state index is 13.2. The van der Waals surface area contributed by atoms with Crippen LogP contribution < -0.4 is 5.32 Å². The second-order valence-corrected chi connectivity index (χ2v) is 3.91. The van der Waals surface area contributed by atoms with Crippen molar-refractivity contribution >= 4 is 5.78 Å². The summed E-state index contributed by atoms with van der Waals surface area (Å²) in [5, 5.41) is 2.87. The number of hydrogen-bond donors (Lipinski definition) is 1. The summed E-state index contributed by atoms with van der Waals surface area (Å²) < 4.78 is 50.1. The van der Waals surface area contributed by atoms with Crippen LogP contribution in [0.2, 0.25) is 0 Å². The van der Waals surface area contributed by atoms with Crippen molar-refractivity contribution in [3.63, 3.8) is 0 Å². The minimum Gasteiger partial charge on any atom is -0.315 e. The van der Waals surface area contributed by atoms with Crippen LogP contribution in [0.15, 0.2) is 18.2 Å². The number of ketones is 1. The summed E-state index contributed by atoms with van der Waals surface area (Å²) in [6, 6.07) is 2.28. The van der Waals surface area contributed by atoms with Gasteiger partial charge in [0.25, 0.3) is 0 Å². The van der Waals surface area contributed by atoms with Gasteiger partial charge >= 0.3 is 6.18 Å². The lowest BCUT2D eigenvalue weighted by Crippen LogP contribution is -2.46. The van der Waals surface area contributed by atoms with E-state index in [0.717, 1.165) is 6.07 Å². The zero-order valence-electron chi connectivity index (χ0n) is 8.64. The second kappa shape index (κ2) is 4.10. The third-order valence-corrected chi connectivity index (χ3v) is 2.71. The first-order valence-electron chi connectivity index (χ1n) is 5.01. The normalized spacial score (nSPS) is 16.7. The average molecular weight is 247 g/mol. The van der Waals surface area contributed by atoms with Gasteiger partial charge in [-0.2, -0.15) is 13.2 Å². The fourth-order valence-corrected chi connectivity index (χ4v) is 1.61. The van der Waals surface area contributed by atoms with Crippen LogP contribution in [0.1, 0.15) is 15.9 Å². The first-order chi connectivity index (χ1) is 7.89. The fraction of sp³-hybridized carbons (Fsp3) is 0.364. The number of halogens is 4. The van der Waals surface area contributed by atoms with Gasteiger partial charge in [0.15, 0.2) is 5.78 Å². The number of alkyl halides is 3. The number of Topliss-reactive ketones (excluding diaryl/α,β-unsaturated/α-hetero) is 1. The summed E-state index contributed by atoms with van der Waals surface area (Å²) >= 11 is 0. The molecule has 17 heavy (non-hydrogen) atoms. The number of carbonyl (C=O) groups excluding carboxylic acids is 1. The topological polar surface area (TPSA) is 29.1 Å². The highest BCUT2D eigenvalue weighted by Gasteiger charge is 2.35. The highest BCUT2D eigenvalue weighted by atomic mass is 19.4. The summed E-state index contributed by atoms with van der Waals surface area (Å²) in [4.78, 5) is 11.7. The molecule has 0 aromatic heterocycles. The van der Waals surface area contributed by atoms with E-state index in [1.165, 1.54) is 0 Å². The van der Waals surface area contributed by atoms with E-state index in [-0.39, 0.29) is 17.3 Å². The van der Waals surface area contributed by atoms with Gasteiger partial charge in [0.2, 0.25) is 0 Å². The van der Waals surface area contributed by atoms with Gasteiger partial charge in [-0.1, -0.05) is 6.07 Å². The molecule has 0 aliphatic carbocycles. The maximum absolute atomic E-state index is 13.2. The van der Waals surface area contributed by atoms with E-state index >= 15 is 0 Å². The van der Waals surface area contributed by atoms with Crippen molar-refractivity contribution < 1.29 is 22.4 Å². The molecule has 2 rings (SSSR count). The Labute approximate surface area is 94.6 Å². The quantitative estimate of drug-likeness (QED) is 0.641. The molecule has 1 aliphatic heterocycles. The van der Waals surface area contributed by atoms with Crippen LogP contribution in [0, 0.1) is 11.7 Å². The molecule has 0 spiro atoms. The number of carbonyl (C=O) groups is 1. The SMILES string of the molecule is O=C(c1ccc(C(F)(F)F)c(F)c1)C1CNC1. The van der Waals surface area contributed by atoms with E-state index in [2.05, 4.69) is 5.32 Å². The lowest BCUT2D eigenvalue weighted by molar-refractivity contribution is -0.140. The van der Waals surface area contributed by atoms with E-state index in [4.69, 9.17) is 0 Å². The highest BCUT2D eigenvalue weighted by Crippen LogP contribution is 2.31. The Morgan fingerprint density at radius 2 is 1.94 bits per heavy atom. The van der Waals surface area contributed by atoms with Gasteiger partial charge in [-0.25, -0.2) is 4.39 Å². The van der Waals surface area contributed by atoms with E-state index in [0.29, 0.717) is 25.2 Å². The van der Waals surface area contributed by atoms with Crippen LogP contribution >= 0.6 is 0 Å². The number of nitrogens with one attached hydrogen (secondary N) is 1. The van der Waals surface area contributed by atoms with Crippen molar-refractivity contribution in [2.75, 3.05) is 13.1 Å². The molecule has 1 aliphatic rings. The first kappa shape index (κ1) is 12.0. The van der Waals surface area contributed by atoms with Gasteiger partial charge < -0.3 is 5.32 Å². The van der Waals surface area contributed by atoms with Crippen LogP contribution in [0.3, 0.4) is 0 Å². The van der Waals surface area contributed by atoms with Gasteiger partial charge in [0.05, 0.1) is 5.56 Å². The van der Waals surface area contributed by atoms with Crippen LogP contribution in [0.25, 0.3) is 0 Å². The molecule has 0 amide bonds. The van der Waals surface area contributed by atoms with Crippen molar-refractivity contribution in [2.24, 2.45) is 5.92 Å². The Balaban J connectivity index is 2.27. The molecule has 1 heterocycles. The molecule has 2 nitrogen and oxygen atoms in total. The van der Waals surface area contributed by atoms with Crippen LogP contribution in [-0.2, 0) is 6.18 Å². The molecule has 6 heteroatoms. The van der Waals surface area contributed by atoms with Crippen molar-refractivity contribution in [1.29, 1.82) is 0 Å². The molecule has 0 radical (unpaired) electrons. The molecule has 1 aromatic carbocycles. The van der Waals surface area contributed by atoms with Crippen LogP contribution in [0.4, 0.5) is 17.6 Å². The zero-order chi connectivity index (χ0) is 12.6. The fourth-order valence-electron chi connectivity index (χ4n) is 1.61. The Morgan fingerprint density at radius 1 is 1.29 bits per heavy atom. The zero-order valence-corrected chi connectivity index (χ0v) is 8.64. The van der Waals surface area contributed by atoms with E-state index in [1.54, 1.807) is 0 Å². The monoisotopic (exact) mass is 247 g/mol. The summed E-state index contributed by atoms with van der Waals surface area (Å²) in [6.45, 7) is 0.975. The predicted octanol–water partition coefficient (Wildman–Crippen LogP) is 2.25. The van der Waals surface area contributed by atoms with E-state index in [1.807, 2.05) is 0 Å². The third-order valence-electron chi connectivity index (χ3n) is 2.71. The highest BCUT2D eigenvalue weighted by molar-refractivity contribution is 5.98. The molecular weight excluding hydrogens is 238 g/mol. The van der Waals surface area contributed by atoms with Crippen molar-refractivity contribution in [1.82, 2.24) is 5.32 Å². The van der Waals surface area contributed by atoms with Crippen LogP contribution in [0.5, 0.6) is 0 Å². The minimum absolute atomic E-state index is 0.0120. The number of rotatable bonds is 2. The first-order valence-corrected chi connectivity index (χ1v) is 5.01. The summed E-state index contributed by atoms with van der Waals surface area (Å²) in [7, 11) is 0. The minimum atomic E-state index is -4.73. The molecule has 1 aromatic rings. The van der Waals surface area contributed by atoms with Gasteiger partial charge in [0.1, 0.15) is 5.82 Å². The lowest BCUT2D eigenvalue weighted by atomic mass is 9.92. The standard InChI is InChI=1S/C11H9F4NO/c12-9-3-6(10(17)7-4-16-5-7)1-2-8(9)11(13,14)15/h1-3,7,16H,4-5H2. The third kappa shape index (κ3) is 2.31. The molecule has 0 bridgehead atoms. The molecule has 0 atom stereocenters. The largest absolute Gasteiger partial charge is 0.419 e. The molecule has 92 valence electrons. The van der Waals surface area contributed by atoms with Crippen LogP contribution in [-0.4, -0.2) is 18.9 Å². The summed E-state index contributed by atoms with van der Waals surface area (Å²) in [6.07, 6.45) is -4.73. The number of hydrogen-bond acceptors (Lipinski definition) is 2. The summed E-state index contributed by atoms with van der Waals surface area (Å²) in [5.74, 6) is -1.99. The van der Waals surface area contributed by atoms with Gasteiger partial charge in [0, 0.05) is 24.6 Å². The molecule has 0 saturated carbocycles. The van der Waals surface area contributed by atoms with Gasteiger partial charge in [-0.15, -0.1) is 0 Å². The summed E-state index contributed by atoms with van der Waals surface area (Å²) in [5.41, 5.74) is -1.36. The smallest absolute Gasteiger partial charge is 0.315 e. The van der Waals surface area contributed by atoms with Crippen molar-refractivity contribution in [3.8, 4) is 0 Å². The number of benzene rings is 1. The van der Waals surface area contributed by atoms with Gasteiger partial charge in [-0.3, -0.25) is 4.79 Å². The Morgan fingerprint density at radius 3 is 2.35 bits per heavy atom. The molecule has 1 fully saturated rings. The Bertz CT molecular complexity index is 451. The van der Waals surface area contributed by atoms with E-state index in [9.17, 15) is 22.4 Å². The molecule has 1 N–H and O–H groups in total. The lowest BCUT2D eigenvalue weighted by Gasteiger charge is -2.25. The van der Waals surface area contributed by atoms with Crippen molar-refractivity contribution in [3.05, 3.63) is 35.1 Å².